The number of carbonyl (C=O) groups excluding carboxylic acids is 1. The van der Waals surface area contributed by atoms with E-state index in [9.17, 15) is 4.79 Å². The third-order valence-corrected chi connectivity index (χ3v) is 3.39. The predicted octanol–water partition coefficient (Wildman–Crippen LogP) is 3.09. The number of hydrogen-bond acceptors (Lipinski definition) is 2. The predicted molar refractivity (Wildman–Crippen MR) is 67.7 cm³/mol. The lowest BCUT2D eigenvalue weighted by Crippen LogP contribution is -2.01. The lowest BCUT2D eigenvalue weighted by Gasteiger charge is -2.07. The van der Waals surface area contributed by atoms with Gasteiger partial charge < -0.3 is 4.74 Å². The van der Waals surface area contributed by atoms with Gasteiger partial charge in [0.1, 0.15) is 0 Å². The van der Waals surface area contributed by atoms with Crippen LogP contribution < -0.4 is 0 Å². The molecule has 0 saturated carbocycles. The largest absolute Gasteiger partial charge is 0.443 e. The highest BCUT2D eigenvalue weighted by atomic mass is 127. The molecule has 1 heterocycles. The molecular formula is C12H11IO2. The van der Waals surface area contributed by atoms with Crippen molar-refractivity contribution in [3.05, 3.63) is 41.0 Å². The molecule has 0 fully saturated rings. The summed E-state index contributed by atoms with van der Waals surface area (Å²) >= 11 is 2.14. The molecule has 2 nitrogen and oxygen atoms in total. The Kier molecular flexibility index (Phi) is 2.82. The Labute approximate surface area is 102 Å². The normalized spacial score (nSPS) is 20.7. The summed E-state index contributed by atoms with van der Waals surface area (Å²) < 4.78 is 4.99. The second-order valence-electron chi connectivity index (χ2n) is 3.63. The summed E-state index contributed by atoms with van der Waals surface area (Å²) in [6, 6.07) is 8.15. The molecule has 1 atom stereocenters. The van der Waals surface area contributed by atoms with E-state index in [0.29, 0.717) is 0 Å². The van der Waals surface area contributed by atoms with Gasteiger partial charge in [-0.25, -0.2) is 4.79 Å². The van der Waals surface area contributed by atoms with Gasteiger partial charge in [-0.1, -0.05) is 29.8 Å². The van der Waals surface area contributed by atoms with Crippen LogP contribution in [0.1, 0.15) is 18.1 Å². The summed E-state index contributed by atoms with van der Waals surface area (Å²) in [6.07, 6.45) is 0. The van der Waals surface area contributed by atoms with Gasteiger partial charge in [0.05, 0.1) is 0 Å². The Morgan fingerprint density at radius 3 is 2.27 bits per heavy atom. The minimum absolute atomic E-state index is 0.155. The van der Waals surface area contributed by atoms with Crippen LogP contribution in [0.4, 0.5) is 0 Å². The van der Waals surface area contributed by atoms with Gasteiger partial charge in [-0.3, -0.25) is 0 Å². The molecule has 0 aromatic heterocycles. The lowest BCUT2D eigenvalue weighted by molar-refractivity contribution is -0.136. The first-order valence-electron chi connectivity index (χ1n) is 4.72. The molecule has 0 bridgehead atoms. The third kappa shape index (κ3) is 1.93. The molecule has 3 heteroatoms. The van der Waals surface area contributed by atoms with Crippen molar-refractivity contribution in [2.45, 2.75) is 18.0 Å². The first kappa shape index (κ1) is 10.7. The number of rotatable bonds is 1. The molecule has 0 N–H and O–H groups in total. The maximum Gasteiger partial charge on any atom is 0.335 e. The van der Waals surface area contributed by atoms with Gasteiger partial charge in [-0.2, -0.15) is 0 Å². The van der Waals surface area contributed by atoms with E-state index in [1.165, 1.54) is 5.56 Å². The minimum atomic E-state index is -0.204. The molecule has 1 aliphatic heterocycles. The van der Waals surface area contributed by atoms with Gasteiger partial charge in [-0.15, -0.1) is 0 Å². The second kappa shape index (κ2) is 3.96. The van der Waals surface area contributed by atoms with Gasteiger partial charge >= 0.3 is 5.97 Å². The molecule has 78 valence electrons. The Morgan fingerprint density at radius 2 is 1.80 bits per heavy atom. The van der Waals surface area contributed by atoms with Gasteiger partial charge in [-0.05, 0) is 42.0 Å². The number of ether oxygens (including phenoxy) is 1. The number of benzene rings is 1. The fraction of sp³-hybridized carbons (Fsp3) is 0.250. The molecule has 0 saturated heterocycles. The number of alkyl halides is 1. The number of cyclic esters (lactones) is 1. The molecule has 2 rings (SSSR count). The zero-order chi connectivity index (χ0) is 11.0. The van der Waals surface area contributed by atoms with Crippen molar-refractivity contribution in [3.63, 3.8) is 0 Å². The highest BCUT2D eigenvalue weighted by molar-refractivity contribution is 14.1. The molecule has 0 radical (unpaired) electrons. The van der Waals surface area contributed by atoms with Crippen molar-refractivity contribution in [3.8, 4) is 0 Å². The molecule has 0 spiro atoms. The first-order valence-corrected chi connectivity index (χ1v) is 5.97. The van der Waals surface area contributed by atoms with Crippen molar-refractivity contribution in [1.82, 2.24) is 0 Å². The quantitative estimate of drug-likeness (QED) is 0.452. The molecule has 0 aliphatic carbocycles. The van der Waals surface area contributed by atoms with E-state index in [1.807, 2.05) is 38.1 Å². The highest BCUT2D eigenvalue weighted by Crippen LogP contribution is 2.34. The summed E-state index contributed by atoms with van der Waals surface area (Å²) in [6.45, 7) is 3.86. The average Bonchev–Trinajstić information content (AvgIpc) is 2.44. The van der Waals surface area contributed by atoms with Crippen molar-refractivity contribution < 1.29 is 9.53 Å². The summed E-state index contributed by atoms with van der Waals surface area (Å²) in [5, 5.41) is 0. The van der Waals surface area contributed by atoms with Crippen LogP contribution >= 0.6 is 22.6 Å². The Balaban J connectivity index is 2.47. The molecule has 1 aromatic rings. The number of aryl methyl sites for hydroxylation is 1. The van der Waals surface area contributed by atoms with Crippen LogP contribution in [0.5, 0.6) is 0 Å². The van der Waals surface area contributed by atoms with Crippen molar-refractivity contribution >= 4 is 34.1 Å². The van der Waals surface area contributed by atoms with Crippen LogP contribution in [0, 0.1) is 6.92 Å². The van der Waals surface area contributed by atoms with Gasteiger partial charge in [0, 0.05) is 11.1 Å². The summed E-state index contributed by atoms with van der Waals surface area (Å²) in [4.78, 5) is 11.4. The van der Waals surface area contributed by atoms with Crippen LogP contribution in [0.2, 0.25) is 0 Å². The fourth-order valence-corrected chi connectivity index (χ4v) is 2.66. The SMILES string of the molecule is CC1=C(c2ccc(C)cc2)[C@@H](I)OC1=O. The van der Waals surface area contributed by atoms with E-state index in [-0.39, 0.29) is 10.1 Å². The Morgan fingerprint density at radius 1 is 1.20 bits per heavy atom. The van der Waals surface area contributed by atoms with Crippen LogP contribution in [-0.4, -0.2) is 10.1 Å². The van der Waals surface area contributed by atoms with Crippen LogP contribution in [0.15, 0.2) is 29.8 Å². The zero-order valence-corrected chi connectivity index (χ0v) is 10.7. The standard InChI is InChI=1S/C12H11IO2/c1-7-3-5-9(6-4-7)10-8(2)12(14)15-11(10)13/h3-6,11H,1-2H3/t11-/m0/s1. The topological polar surface area (TPSA) is 26.3 Å². The average molecular weight is 314 g/mol. The van der Waals surface area contributed by atoms with E-state index in [1.54, 1.807) is 0 Å². The molecular weight excluding hydrogens is 303 g/mol. The van der Waals surface area contributed by atoms with E-state index in [2.05, 4.69) is 22.6 Å². The van der Waals surface area contributed by atoms with E-state index >= 15 is 0 Å². The van der Waals surface area contributed by atoms with Crippen molar-refractivity contribution in [2.75, 3.05) is 0 Å². The van der Waals surface area contributed by atoms with Crippen LogP contribution in [-0.2, 0) is 9.53 Å². The smallest absolute Gasteiger partial charge is 0.335 e. The maximum atomic E-state index is 11.4. The molecule has 0 amide bonds. The molecule has 1 aliphatic rings. The summed E-state index contributed by atoms with van der Waals surface area (Å²) in [5.74, 6) is -0.204. The van der Waals surface area contributed by atoms with E-state index < -0.39 is 0 Å². The van der Waals surface area contributed by atoms with E-state index in [4.69, 9.17) is 4.74 Å². The summed E-state index contributed by atoms with van der Waals surface area (Å²) in [7, 11) is 0. The second-order valence-corrected chi connectivity index (χ2v) is 4.76. The fourth-order valence-electron chi connectivity index (χ4n) is 1.60. The van der Waals surface area contributed by atoms with Crippen molar-refractivity contribution in [2.24, 2.45) is 0 Å². The zero-order valence-electron chi connectivity index (χ0n) is 8.58. The maximum absolute atomic E-state index is 11.4. The van der Waals surface area contributed by atoms with Crippen LogP contribution in [0.25, 0.3) is 5.57 Å². The monoisotopic (exact) mass is 314 g/mol. The number of halogens is 1. The number of carbonyl (C=O) groups is 1. The van der Waals surface area contributed by atoms with Gasteiger partial charge in [0.2, 0.25) is 0 Å². The third-order valence-electron chi connectivity index (χ3n) is 2.51. The summed E-state index contributed by atoms with van der Waals surface area (Å²) in [5.41, 5.74) is 4.01. The minimum Gasteiger partial charge on any atom is -0.443 e. The first-order chi connectivity index (χ1) is 7.09. The number of hydrogen-bond donors (Lipinski definition) is 0. The van der Waals surface area contributed by atoms with Gasteiger partial charge in [0.25, 0.3) is 0 Å². The van der Waals surface area contributed by atoms with Gasteiger partial charge in [0.15, 0.2) is 4.11 Å². The lowest BCUT2D eigenvalue weighted by atomic mass is 10.0. The number of esters is 1. The molecule has 0 unspecified atom stereocenters. The Hall–Kier alpha value is -0.840. The van der Waals surface area contributed by atoms with E-state index in [0.717, 1.165) is 16.7 Å². The Bertz CT molecular complexity index is 431. The van der Waals surface area contributed by atoms with Crippen molar-refractivity contribution in [1.29, 1.82) is 0 Å². The molecule has 1 aromatic carbocycles. The van der Waals surface area contributed by atoms with Crippen LogP contribution in [0.3, 0.4) is 0 Å². The highest BCUT2D eigenvalue weighted by Gasteiger charge is 2.29. The molecule has 15 heavy (non-hydrogen) atoms.